The highest BCUT2D eigenvalue weighted by molar-refractivity contribution is 5.98. The monoisotopic (exact) mass is 328 g/mol. The Morgan fingerprint density at radius 2 is 2.12 bits per heavy atom. The van der Waals surface area contributed by atoms with Gasteiger partial charge in [0.05, 0.1) is 0 Å². The SMILES string of the molecule is Cc1ncc(C(=O)N2CCC(Cc3cccc(F)c3)CC2)c(N)n1. The largest absolute Gasteiger partial charge is 0.383 e. The van der Waals surface area contributed by atoms with Gasteiger partial charge in [0.15, 0.2) is 0 Å². The van der Waals surface area contributed by atoms with Gasteiger partial charge in [0.1, 0.15) is 23.0 Å². The first-order chi connectivity index (χ1) is 11.5. The molecule has 2 aromatic rings. The van der Waals surface area contributed by atoms with Gasteiger partial charge in [-0.05, 0) is 49.8 Å². The van der Waals surface area contributed by atoms with Crippen molar-refractivity contribution < 1.29 is 9.18 Å². The number of carbonyl (C=O) groups excluding carboxylic acids is 1. The van der Waals surface area contributed by atoms with Crippen molar-refractivity contribution >= 4 is 11.7 Å². The topological polar surface area (TPSA) is 72.1 Å². The van der Waals surface area contributed by atoms with E-state index in [1.54, 1.807) is 24.0 Å². The van der Waals surface area contributed by atoms with Gasteiger partial charge in [-0.1, -0.05) is 12.1 Å². The molecule has 0 spiro atoms. The van der Waals surface area contributed by atoms with Crippen LogP contribution in [-0.2, 0) is 6.42 Å². The highest BCUT2D eigenvalue weighted by Gasteiger charge is 2.25. The van der Waals surface area contributed by atoms with Crippen LogP contribution < -0.4 is 5.73 Å². The molecule has 126 valence electrons. The molecule has 1 amide bonds. The first kappa shape index (κ1) is 16.4. The molecule has 1 aliphatic rings. The van der Waals surface area contributed by atoms with Crippen LogP contribution in [0.1, 0.15) is 34.6 Å². The second-order valence-electron chi connectivity index (χ2n) is 6.29. The summed E-state index contributed by atoms with van der Waals surface area (Å²) in [6.45, 7) is 3.08. The Labute approximate surface area is 140 Å². The maximum atomic E-state index is 13.3. The van der Waals surface area contributed by atoms with Crippen LogP contribution in [0.15, 0.2) is 30.5 Å². The highest BCUT2D eigenvalue weighted by atomic mass is 19.1. The van der Waals surface area contributed by atoms with Gasteiger partial charge in [-0.3, -0.25) is 4.79 Å². The van der Waals surface area contributed by atoms with E-state index in [9.17, 15) is 9.18 Å². The summed E-state index contributed by atoms with van der Waals surface area (Å²) >= 11 is 0. The number of anilines is 1. The molecule has 5 nitrogen and oxygen atoms in total. The Hall–Kier alpha value is -2.50. The molecule has 3 rings (SSSR count). The minimum atomic E-state index is -0.199. The second-order valence-corrected chi connectivity index (χ2v) is 6.29. The van der Waals surface area contributed by atoms with E-state index in [4.69, 9.17) is 5.73 Å². The van der Waals surface area contributed by atoms with Crippen molar-refractivity contribution in [3.05, 3.63) is 53.2 Å². The highest BCUT2D eigenvalue weighted by Crippen LogP contribution is 2.23. The molecule has 0 bridgehead atoms. The van der Waals surface area contributed by atoms with Gasteiger partial charge < -0.3 is 10.6 Å². The van der Waals surface area contributed by atoms with Crippen molar-refractivity contribution in [3.63, 3.8) is 0 Å². The summed E-state index contributed by atoms with van der Waals surface area (Å²) < 4.78 is 13.3. The number of amides is 1. The standard InChI is InChI=1S/C18H21FN4O/c1-12-21-11-16(17(20)22-12)18(24)23-7-5-13(6-8-23)9-14-3-2-4-15(19)10-14/h2-4,10-11,13H,5-9H2,1H3,(H2,20,21,22). The maximum absolute atomic E-state index is 13.3. The van der Waals surface area contributed by atoms with Crippen LogP contribution in [0.3, 0.4) is 0 Å². The summed E-state index contributed by atoms with van der Waals surface area (Å²) in [6, 6.07) is 6.73. The lowest BCUT2D eigenvalue weighted by Crippen LogP contribution is -2.39. The average Bonchev–Trinajstić information content (AvgIpc) is 2.55. The third kappa shape index (κ3) is 3.69. The van der Waals surface area contributed by atoms with Crippen LogP contribution in [0.4, 0.5) is 10.2 Å². The number of halogens is 1. The third-order valence-electron chi connectivity index (χ3n) is 4.48. The van der Waals surface area contributed by atoms with Gasteiger partial charge in [-0.2, -0.15) is 0 Å². The van der Waals surface area contributed by atoms with Gasteiger partial charge in [-0.15, -0.1) is 0 Å². The van der Waals surface area contributed by atoms with E-state index in [1.165, 1.54) is 12.3 Å². The molecule has 24 heavy (non-hydrogen) atoms. The normalized spacial score (nSPS) is 15.5. The number of piperidine rings is 1. The van der Waals surface area contributed by atoms with Crippen LogP contribution in [0.25, 0.3) is 0 Å². The maximum Gasteiger partial charge on any atom is 0.259 e. The molecule has 1 aliphatic heterocycles. The number of nitrogens with zero attached hydrogens (tertiary/aromatic N) is 3. The van der Waals surface area contributed by atoms with Crippen molar-refractivity contribution in [2.75, 3.05) is 18.8 Å². The van der Waals surface area contributed by atoms with Gasteiger partial charge in [0.25, 0.3) is 5.91 Å². The van der Waals surface area contributed by atoms with Crippen LogP contribution in [0.2, 0.25) is 0 Å². The number of aryl methyl sites for hydroxylation is 1. The Morgan fingerprint density at radius 3 is 2.79 bits per heavy atom. The molecule has 0 atom stereocenters. The minimum absolute atomic E-state index is 0.114. The Balaban J connectivity index is 1.59. The molecule has 0 saturated carbocycles. The van der Waals surface area contributed by atoms with E-state index in [1.807, 2.05) is 6.07 Å². The number of hydrogen-bond acceptors (Lipinski definition) is 4. The summed E-state index contributed by atoms with van der Waals surface area (Å²) in [6.07, 6.45) is 4.14. The predicted molar refractivity (Wildman–Crippen MR) is 89.9 cm³/mol. The van der Waals surface area contributed by atoms with E-state index in [0.717, 1.165) is 24.8 Å². The van der Waals surface area contributed by atoms with Crippen LogP contribution >= 0.6 is 0 Å². The first-order valence-electron chi connectivity index (χ1n) is 8.16. The fourth-order valence-electron chi connectivity index (χ4n) is 3.16. The molecule has 2 heterocycles. The Kier molecular flexibility index (Phi) is 4.74. The zero-order chi connectivity index (χ0) is 17.1. The number of hydrogen-bond donors (Lipinski definition) is 1. The number of rotatable bonds is 3. The number of benzene rings is 1. The quantitative estimate of drug-likeness (QED) is 0.940. The van der Waals surface area contributed by atoms with Gasteiger partial charge in [0.2, 0.25) is 0 Å². The van der Waals surface area contributed by atoms with Gasteiger partial charge in [0, 0.05) is 19.3 Å². The molecule has 1 aromatic carbocycles. The van der Waals surface area contributed by atoms with Crippen molar-refractivity contribution in [1.82, 2.24) is 14.9 Å². The molecular formula is C18H21FN4O. The fourth-order valence-corrected chi connectivity index (χ4v) is 3.16. The lowest BCUT2D eigenvalue weighted by molar-refractivity contribution is 0.0691. The lowest BCUT2D eigenvalue weighted by Gasteiger charge is -2.32. The van der Waals surface area contributed by atoms with E-state index < -0.39 is 0 Å². The van der Waals surface area contributed by atoms with E-state index in [-0.39, 0.29) is 17.5 Å². The molecule has 2 N–H and O–H groups in total. The Bertz CT molecular complexity index is 742. The summed E-state index contributed by atoms with van der Waals surface area (Å²) in [5.74, 6) is 0.932. The number of carbonyl (C=O) groups is 1. The minimum Gasteiger partial charge on any atom is -0.383 e. The molecule has 6 heteroatoms. The molecule has 1 fully saturated rings. The molecule has 1 saturated heterocycles. The van der Waals surface area contributed by atoms with Crippen molar-refractivity contribution in [2.45, 2.75) is 26.2 Å². The molecular weight excluding hydrogens is 307 g/mol. The zero-order valence-corrected chi connectivity index (χ0v) is 13.7. The van der Waals surface area contributed by atoms with E-state index in [2.05, 4.69) is 9.97 Å². The number of likely N-dealkylation sites (tertiary alicyclic amines) is 1. The lowest BCUT2D eigenvalue weighted by atomic mass is 9.90. The summed E-state index contributed by atoms with van der Waals surface area (Å²) in [5.41, 5.74) is 7.21. The van der Waals surface area contributed by atoms with Crippen LogP contribution in [0.5, 0.6) is 0 Å². The fraction of sp³-hybridized carbons (Fsp3) is 0.389. The smallest absolute Gasteiger partial charge is 0.259 e. The Morgan fingerprint density at radius 1 is 1.38 bits per heavy atom. The van der Waals surface area contributed by atoms with Gasteiger partial charge in [-0.25, -0.2) is 14.4 Å². The second kappa shape index (κ2) is 6.95. The number of nitrogens with two attached hydrogens (primary N) is 1. The van der Waals surface area contributed by atoms with Crippen molar-refractivity contribution in [2.24, 2.45) is 5.92 Å². The first-order valence-corrected chi connectivity index (χ1v) is 8.16. The third-order valence-corrected chi connectivity index (χ3v) is 4.48. The summed E-state index contributed by atoms with van der Waals surface area (Å²) in [4.78, 5) is 22.5. The van der Waals surface area contributed by atoms with Crippen LogP contribution in [-0.4, -0.2) is 33.9 Å². The summed E-state index contributed by atoms with van der Waals surface area (Å²) in [5, 5.41) is 0. The molecule has 0 aliphatic carbocycles. The van der Waals surface area contributed by atoms with Crippen molar-refractivity contribution in [1.29, 1.82) is 0 Å². The molecule has 1 aromatic heterocycles. The number of aromatic nitrogens is 2. The zero-order valence-electron chi connectivity index (χ0n) is 13.7. The van der Waals surface area contributed by atoms with Crippen molar-refractivity contribution in [3.8, 4) is 0 Å². The molecule has 0 unspecified atom stereocenters. The van der Waals surface area contributed by atoms with E-state index >= 15 is 0 Å². The predicted octanol–water partition coefficient (Wildman–Crippen LogP) is 2.60. The average molecular weight is 328 g/mol. The summed E-state index contributed by atoms with van der Waals surface area (Å²) in [7, 11) is 0. The van der Waals surface area contributed by atoms with E-state index in [0.29, 0.717) is 30.4 Å². The number of nitrogen functional groups attached to an aromatic ring is 1. The van der Waals surface area contributed by atoms with Crippen LogP contribution in [0, 0.1) is 18.7 Å². The van der Waals surface area contributed by atoms with Gasteiger partial charge >= 0.3 is 0 Å². The molecule has 0 radical (unpaired) electrons.